The molecule has 0 radical (unpaired) electrons. The van der Waals surface area contributed by atoms with Crippen molar-refractivity contribution in [1.29, 1.82) is 0 Å². The second-order valence-corrected chi connectivity index (χ2v) is 9.84. The van der Waals surface area contributed by atoms with Crippen molar-refractivity contribution in [2.24, 2.45) is 4.99 Å². The average molecular weight is 524 g/mol. The predicted molar refractivity (Wildman–Crippen MR) is 153 cm³/mol. The van der Waals surface area contributed by atoms with Crippen LogP contribution in [0.4, 0.5) is 21.7 Å². The molecule has 9 heteroatoms. The molecule has 0 saturated carbocycles. The number of anilines is 3. The van der Waals surface area contributed by atoms with Crippen LogP contribution in [0, 0.1) is 5.82 Å². The standard InChI is InChI=1S/C30H30FN7O/c1-3-4-21-17-26(33-19-21)34-27-18-28(38-13-11-37(12-14-38)23-7-9-32-10-8-23)36-30(35-27)39-25-6-5-22-15-20(2)16-24(22)29(25)31/h3-10,16-18H,11-15,19H2,1-2H3,(H,33,34,35,36)/b4-3+. The maximum absolute atomic E-state index is 15.3. The predicted octanol–water partition coefficient (Wildman–Crippen LogP) is 5.42. The molecule has 1 saturated heterocycles. The minimum atomic E-state index is -0.391. The molecular weight excluding hydrogens is 493 g/mol. The van der Waals surface area contributed by atoms with Crippen LogP contribution < -0.4 is 19.9 Å². The lowest BCUT2D eigenvalue weighted by atomic mass is 10.1. The first-order valence-corrected chi connectivity index (χ1v) is 13.2. The van der Waals surface area contributed by atoms with Crippen molar-refractivity contribution in [2.45, 2.75) is 20.3 Å². The highest BCUT2D eigenvalue weighted by atomic mass is 19.1. The van der Waals surface area contributed by atoms with E-state index in [4.69, 9.17) is 9.72 Å². The van der Waals surface area contributed by atoms with Gasteiger partial charge in [-0.2, -0.15) is 9.97 Å². The molecule has 0 amide bonds. The van der Waals surface area contributed by atoms with Gasteiger partial charge in [-0.05, 0) is 55.7 Å². The van der Waals surface area contributed by atoms with Gasteiger partial charge in [0.25, 0.3) is 0 Å². The molecule has 1 aliphatic carbocycles. The Balaban J connectivity index is 1.27. The summed E-state index contributed by atoms with van der Waals surface area (Å²) in [5.41, 5.74) is 4.93. The van der Waals surface area contributed by atoms with E-state index in [2.05, 4.69) is 30.1 Å². The van der Waals surface area contributed by atoms with Crippen molar-refractivity contribution >= 4 is 29.2 Å². The lowest BCUT2D eigenvalue weighted by Crippen LogP contribution is -2.46. The molecule has 6 rings (SSSR count). The highest BCUT2D eigenvalue weighted by Gasteiger charge is 2.23. The largest absolute Gasteiger partial charge is 0.421 e. The molecule has 1 aromatic carbocycles. The number of aliphatic imine (C=N–C) groups is 1. The number of benzene rings is 1. The summed E-state index contributed by atoms with van der Waals surface area (Å²) in [4.78, 5) is 22.5. The van der Waals surface area contributed by atoms with Crippen LogP contribution in [0.2, 0.25) is 0 Å². The Kier molecular flexibility index (Phi) is 6.79. The number of pyridine rings is 1. The highest BCUT2D eigenvalue weighted by molar-refractivity contribution is 6.05. The van der Waals surface area contributed by atoms with Gasteiger partial charge in [0.2, 0.25) is 0 Å². The fourth-order valence-electron chi connectivity index (χ4n) is 5.10. The molecule has 4 heterocycles. The van der Waals surface area contributed by atoms with E-state index in [0.717, 1.165) is 55.0 Å². The Bertz CT molecular complexity index is 1510. The van der Waals surface area contributed by atoms with Crippen molar-refractivity contribution in [2.75, 3.05) is 47.8 Å². The third kappa shape index (κ3) is 5.38. The molecule has 2 aromatic heterocycles. The summed E-state index contributed by atoms with van der Waals surface area (Å²) in [5.74, 6) is 1.69. The van der Waals surface area contributed by atoms with Crippen LogP contribution in [0.25, 0.3) is 6.08 Å². The average Bonchev–Trinajstić information content (AvgIpc) is 3.57. The van der Waals surface area contributed by atoms with E-state index in [9.17, 15) is 0 Å². The van der Waals surface area contributed by atoms with E-state index in [-0.39, 0.29) is 11.8 Å². The van der Waals surface area contributed by atoms with Gasteiger partial charge in [0.1, 0.15) is 17.5 Å². The molecule has 3 aromatic rings. The maximum Gasteiger partial charge on any atom is 0.326 e. The van der Waals surface area contributed by atoms with Crippen LogP contribution in [0.15, 0.2) is 77.1 Å². The number of amidine groups is 1. The molecule has 0 bridgehead atoms. The first-order valence-electron chi connectivity index (χ1n) is 13.2. The zero-order valence-electron chi connectivity index (χ0n) is 22.1. The Morgan fingerprint density at radius 2 is 1.79 bits per heavy atom. The smallest absolute Gasteiger partial charge is 0.326 e. The second-order valence-electron chi connectivity index (χ2n) is 9.84. The minimum absolute atomic E-state index is 0.0837. The quantitative estimate of drug-likeness (QED) is 0.463. The molecule has 1 N–H and O–H groups in total. The Hall–Kier alpha value is -4.53. The molecule has 8 nitrogen and oxygen atoms in total. The van der Waals surface area contributed by atoms with E-state index in [1.165, 1.54) is 0 Å². The van der Waals surface area contributed by atoms with Gasteiger partial charge in [0.05, 0.1) is 6.54 Å². The Morgan fingerprint density at radius 3 is 2.59 bits per heavy atom. The number of aromatic nitrogens is 3. The fraction of sp³-hybridized carbons (Fsp3) is 0.267. The number of rotatable bonds is 6. The van der Waals surface area contributed by atoms with Crippen LogP contribution in [0.5, 0.6) is 11.8 Å². The number of allylic oxidation sites excluding steroid dienone is 2. The van der Waals surface area contributed by atoms with Crippen molar-refractivity contribution in [3.8, 4) is 11.8 Å². The van der Waals surface area contributed by atoms with Gasteiger partial charge in [0.15, 0.2) is 11.6 Å². The van der Waals surface area contributed by atoms with Gasteiger partial charge >= 0.3 is 6.01 Å². The monoisotopic (exact) mass is 523 g/mol. The molecule has 2 aliphatic heterocycles. The van der Waals surface area contributed by atoms with Crippen molar-refractivity contribution in [1.82, 2.24) is 15.0 Å². The summed E-state index contributed by atoms with van der Waals surface area (Å²) in [5, 5.41) is 3.29. The number of hydrogen-bond donors (Lipinski definition) is 1. The zero-order chi connectivity index (χ0) is 26.8. The summed E-state index contributed by atoms with van der Waals surface area (Å²) in [7, 11) is 0. The molecule has 0 unspecified atom stereocenters. The SMILES string of the molecule is C/C=C/C1=CC(Nc2cc(N3CCN(c4ccncc4)CC3)nc(Oc3ccc4c(c3F)C=C(C)C4)n2)=NC1. The van der Waals surface area contributed by atoms with Crippen LogP contribution in [-0.4, -0.2) is 53.5 Å². The van der Waals surface area contributed by atoms with E-state index >= 15 is 4.39 Å². The third-order valence-electron chi connectivity index (χ3n) is 7.01. The van der Waals surface area contributed by atoms with Gasteiger partial charge in [-0.1, -0.05) is 29.9 Å². The fourth-order valence-corrected chi connectivity index (χ4v) is 5.10. The van der Waals surface area contributed by atoms with Crippen LogP contribution in [0.3, 0.4) is 0 Å². The number of fused-ring (bicyclic) bond motifs is 1. The summed E-state index contributed by atoms with van der Waals surface area (Å²) >= 11 is 0. The number of nitrogens with one attached hydrogen (secondary N) is 1. The van der Waals surface area contributed by atoms with Crippen molar-refractivity contribution < 1.29 is 9.13 Å². The number of nitrogens with zero attached hydrogens (tertiary/aromatic N) is 6. The van der Waals surface area contributed by atoms with Crippen LogP contribution >= 0.6 is 0 Å². The Morgan fingerprint density at radius 1 is 1.00 bits per heavy atom. The van der Waals surface area contributed by atoms with E-state index < -0.39 is 5.82 Å². The Labute approximate surface area is 227 Å². The molecule has 198 valence electrons. The topological polar surface area (TPSA) is 78.8 Å². The number of hydrogen-bond acceptors (Lipinski definition) is 8. The lowest BCUT2D eigenvalue weighted by molar-refractivity contribution is 0.410. The first-order chi connectivity index (χ1) is 19.1. The molecule has 39 heavy (non-hydrogen) atoms. The lowest BCUT2D eigenvalue weighted by Gasteiger charge is -2.36. The molecule has 0 spiro atoms. The summed E-state index contributed by atoms with van der Waals surface area (Å²) in [6.45, 7) is 7.79. The number of ether oxygens (including phenoxy) is 1. The normalized spacial score (nSPS) is 16.7. The van der Waals surface area contributed by atoms with Gasteiger partial charge in [-0.25, -0.2) is 4.39 Å². The van der Waals surface area contributed by atoms with Gasteiger partial charge in [-0.3, -0.25) is 9.98 Å². The summed E-state index contributed by atoms with van der Waals surface area (Å²) in [6, 6.07) is 9.58. The highest BCUT2D eigenvalue weighted by Crippen LogP contribution is 2.34. The third-order valence-corrected chi connectivity index (χ3v) is 7.01. The second kappa shape index (κ2) is 10.7. The van der Waals surface area contributed by atoms with Crippen LogP contribution in [-0.2, 0) is 6.42 Å². The zero-order valence-corrected chi connectivity index (χ0v) is 22.1. The summed E-state index contributed by atoms with van der Waals surface area (Å²) < 4.78 is 21.3. The van der Waals surface area contributed by atoms with Gasteiger partial charge in [0, 0.05) is 55.9 Å². The number of piperazine rings is 1. The number of halogens is 1. The van der Waals surface area contributed by atoms with E-state index in [0.29, 0.717) is 29.6 Å². The molecule has 3 aliphatic rings. The molecular formula is C30H30FN7O. The van der Waals surface area contributed by atoms with Gasteiger partial charge in [-0.15, -0.1) is 0 Å². The van der Waals surface area contributed by atoms with Gasteiger partial charge < -0.3 is 19.9 Å². The summed E-state index contributed by atoms with van der Waals surface area (Å²) in [6.07, 6.45) is 12.3. The van der Waals surface area contributed by atoms with E-state index in [1.807, 2.05) is 74.8 Å². The minimum Gasteiger partial charge on any atom is -0.421 e. The van der Waals surface area contributed by atoms with E-state index in [1.54, 1.807) is 6.07 Å². The van der Waals surface area contributed by atoms with Crippen molar-refractivity contribution in [3.05, 3.63) is 89.0 Å². The van der Waals surface area contributed by atoms with Crippen molar-refractivity contribution in [3.63, 3.8) is 0 Å². The molecule has 1 fully saturated rings. The molecule has 0 atom stereocenters. The maximum atomic E-state index is 15.3. The van der Waals surface area contributed by atoms with Crippen LogP contribution in [0.1, 0.15) is 25.0 Å². The first kappa shape index (κ1) is 24.8.